The Hall–Kier alpha value is -5.41. The average Bonchev–Trinajstić information content (AvgIpc) is 3.02. The third kappa shape index (κ3) is 3.21. The second-order valence-corrected chi connectivity index (χ2v) is 10.1. The van der Waals surface area contributed by atoms with Crippen LogP contribution >= 0.6 is 0 Å². The van der Waals surface area contributed by atoms with Gasteiger partial charge in [0.05, 0.1) is 22.6 Å². The summed E-state index contributed by atoms with van der Waals surface area (Å²) in [6, 6.07) is 50.1. The van der Waals surface area contributed by atoms with Gasteiger partial charge < -0.3 is 4.90 Å². The summed E-state index contributed by atoms with van der Waals surface area (Å²) in [6.07, 6.45) is 0. The maximum absolute atomic E-state index is 14.4. The van der Waals surface area contributed by atoms with Crippen LogP contribution in [0, 0.1) is 0 Å². The number of nitrogens with zero attached hydrogens (tertiary/aromatic N) is 2. The lowest BCUT2D eigenvalue weighted by Gasteiger charge is -2.31. The second kappa shape index (κ2) is 8.82. The smallest absolute Gasteiger partial charge is 0.263 e. The van der Waals surface area contributed by atoms with E-state index in [4.69, 9.17) is 0 Å². The van der Waals surface area contributed by atoms with E-state index in [0.717, 1.165) is 61.3 Å². The van der Waals surface area contributed by atoms with E-state index in [1.165, 1.54) is 0 Å². The van der Waals surface area contributed by atoms with Crippen LogP contribution in [0.5, 0.6) is 0 Å². The van der Waals surface area contributed by atoms with Crippen LogP contribution in [0.1, 0.15) is 0 Å². The monoisotopic (exact) mass is 512 g/mol. The molecule has 0 unspecified atom stereocenters. The summed E-state index contributed by atoms with van der Waals surface area (Å²) < 4.78 is 1.94. The zero-order valence-corrected chi connectivity index (χ0v) is 21.7. The highest BCUT2D eigenvalue weighted by Gasteiger charge is 2.26. The Kier molecular flexibility index (Phi) is 4.98. The van der Waals surface area contributed by atoms with Gasteiger partial charge >= 0.3 is 0 Å². The molecule has 7 aromatic rings. The van der Waals surface area contributed by atoms with Crippen LogP contribution in [0.3, 0.4) is 0 Å². The molecule has 0 saturated heterocycles. The molecule has 6 aromatic carbocycles. The van der Waals surface area contributed by atoms with Gasteiger partial charge in [0, 0.05) is 38.7 Å². The molecule has 0 N–H and O–H groups in total. The number of benzene rings is 6. The molecule has 3 heteroatoms. The predicted octanol–water partition coefficient (Wildman–Crippen LogP) is 9.26. The zero-order chi connectivity index (χ0) is 26.6. The number of hydrogen-bond acceptors (Lipinski definition) is 2. The number of para-hydroxylation sites is 5. The van der Waals surface area contributed by atoms with Crippen molar-refractivity contribution in [3.63, 3.8) is 0 Å². The Morgan fingerprint density at radius 2 is 0.850 bits per heavy atom. The van der Waals surface area contributed by atoms with Gasteiger partial charge in [0.25, 0.3) is 5.56 Å². The summed E-state index contributed by atoms with van der Waals surface area (Å²) in [7, 11) is 0. The summed E-state index contributed by atoms with van der Waals surface area (Å²) in [5.41, 5.74) is 9.10. The first-order valence-corrected chi connectivity index (χ1v) is 13.5. The molecule has 2 heterocycles. The zero-order valence-electron chi connectivity index (χ0n) is 21.7. The molecule has 1 aromatic heterocycles. The first-order chi connectivity index (χ1) is 19.8. The van der Waals surface area contributed by atoms with Crippen LogP contribution in [0.4, 0.5) is 17.1 Å². The lowest BCUT2D eigenvalue weighted by Crippen LogP contribution is -2.21. The van der Waals surface area contributed by atoms with Crippen molar-refractivity contribution >= 4 is 38.7 Å². The van der Waals surface area contributed by atoms with Crippen molar-refractivity contribution in [1.82, 2.24) is 4.57 Å². The first kappa shape index (κ1) is 22.6. The highest BCUT2D eigenvalue weighted by atomic mass is 16.1. The molecule has 40 heavy (non-hydrogen) atoms. The number of aromatic nitrogens is 1. The molecule has 188 valence electrons. The highest BCUT2D eigenvalue weighted by molar-refractivity contribution is 6.12. The molecule has 3 nitrogen and oxygen atoms in total. The van der Waals surface area contributed by atoms with Crippen molar-refractivity contribution < 1.29 is 0 Å². The molecule has 0 atom stereocenters. The van der Waals surface area contributed by atoms with Crippen LogP contribution < -0.4 is 10.5 Å². The average molecular weight is 513 g/mol. The molecule has 1 aliphatic rings. The first-order valence-electron chi connectivity index (χ1n) is 13.5. The topological polar surface area (TPSA) is 25.2 Å². The highest BCUT2D eigenvalue weighted by Crippen LogP contribution is 2.48. The van der Waals surface area contributed by atoms with E-state index in [1.54, 1.807) is 0 Å². The van der Waals surface area contributed by atoms with Gasteiger partial charge in [-0.25, -0.2) is 0 Å². The SMILES string of the molecule is O=c1c2ccccc2c2cccc3c2n1-c1ccccc1-c1ccccc1N(c1ccccc1)c1ccccc1-3. The third-order valence-electron chi connectivity index (χ3n) is 7.94. The Bertz CT molecular complexity index is 2140. The van der Waals surface area contributed by atoms with Gasteiger partial charge in [-0.1, -0.05) is 109 Å². The minimum Gasteiger partial charge on any atom is -0.309 e. The molecule has 0 bridgehead atoms. The van der Waals surface area contributed by atoms with Gasteiger partial charge in [-0.2, -0.15) is 0 Å². The van der Waals surface area contributed by atoms with Gasteiger partial charge in [-0.15, -0.1) is 0 Å². The molecule has 1 aliphatic heterocycles. The van der Waals surface area contributed by atoms with Crippen LogP contribution in [0.25, 0.3) is 49.6 Å². The fourth-order valence-corrected chi connectivity index (χ4v) is 6.25. The Balaban J connectivity index is 1.66. The van der Waals surface area contributed by atoms with E-state index >= 15 is 0 Å². The molecule has 0 radical (unpaired) electrons. The van der Waals surface area contributed by atoms with E-state index in [9.17, 15) is 4.79 Å². The molecular weight excluding hydrogens is 488 g/mol. The Labute approximate surface area is 231 Å². The molecule has 0 amide bonds. The quantitative estimate of drug-likeness (QED) is 0.205. The second-order valence-electron chi connectivity index (χ2n) is 10.1. The maximum atomic E-state index is 14.4. The summed E-state index contributed by atoms with van der Waals surface area (Å²) in [5.74, 6) is 0. The molecule has 8 rings (SSSR count). The minimum atomic E-state index is -0.0153. The Morgan fingerprint density at radius 3 is 1.55 bits per heavy atom. The van der Waals surface area contributed by atoms with Crippen molar-refractivity contribution in [2.75, 3.05) is 4.90 Å². The van der Waals surface area contributed by atoms with Crippen molar-refractivity contribution in [3.8, 4) is 27.9 Å². The number of fused-ring (bicyclic) bond motifs is 8. The summed E-state index contributed by atoms with van der Waals surface area (Å²) in [6.45, 7) is 0. The van der Waals surface area contributed by atoms with E-state index in [2.05, 4.69) is 120 Å². The van der Waals surface area contributed by atoms with E-state index in [-0.39, 0.29) is 5.56 Å². The van der Waals surface area contributed by atoms with Gasteiger partial charge in [-0.3, -0.25) is 9.36 Å². The van der Waals surface area contributed by atoms with Gasteiger partial charge in [0.2, 0.25) is 0 Å². The maximum Gasteiger partial charge on any atom is 0.263 e. The van der Waals surface area contributed by atoms with Crippen molar-refractivity contribution in [2.24, 2.45) is 0 Å². The lowest BCUT2D eigenvalue weighted by atomic mass is 9.93. The van der Waals surface area contributed by atoms with Gasteiger partial charge in [0.1, 0.15) is 0 Å². The standard InChI is InChI=1S/C37H24N2O/c40-37-32-19-5-4-15-26(32)30-20-12-21-31-29-18-8-10-23-34(29)38(25-13-2-1-3-14-25)33-22-9-6-16-27(33)28-17-7-11-24-35(28)39(37)36(30)31/h1-24H. The number of pyridine rings is 1. The third-order valence-corrected chi connectivity index (χ3v) is 7.94. The lowest BCUT2D eigenvalue weighted by molar-refractivity contribution is 1.06. The minimum absolute atomic E-state index is 0.0153. The van der Waals surface area contributed by atoms with Crippen molar-refractivity contribution in [2.45, 2.75) is 0 Å². The number of hydrogen-bond donors (Lipinski definition) is 0. The van der Waals surface area contributed by atoms with Gasteiger partial charge in [0.15, 0.2) is 0 Å². The van der Waals surface area contributed by atoms with E-state index in [0.29, 0.717) is 5.39 Å². The predicted molar refractivity (Wildman–Crippen MR) is 166 cm³/mol. The summed E-state index contributed by atoms with van der Waals surface area (Å²) >= 11 is 0. The van der Waals surface area contributed by atoms with Crippen LogP contribution in [-0.4, -0.2) is 4.57 Å². The fraction of sp³-hybridized carbons (Fsp3) is 0. The molecule has 0 fully saturated rings. The van der Waals surface area contributed by atoms with Crippen LogP contribution in [0.15, 0.2) is 150 Å². The van der Waals surface area contributed by atoms with E-state index < -0.39 is 0 Å². The number of rotatable bonds is 1. The summed E-state index contributed by atoms with van der Waals surface area (Å²) in [4.78, 5) is 16.8. The molecule has 0 aliphatic carbocycles. The van der Waals surface area contributed by atoms with Crippen molar-refractivity contribution in [3.05, 3.63) is 156 Å². The normalized spacial score (nSPS) is 12.1. The van der Waals surface area contributed by atoms with Gasteiger partial charge in [-0.05, 0) is 41.8 Å². The van der Waals surface area contributed by atoms with Crippen LogP contribution in [0.2, 0.25) is 0 Å². The molecule has 0 saturated carbocycles. The van der Waals surface area contributed by atoms with Crippen LogP contribution in [-0.2, 0) is 0 Å². The summed E-state index contributed by atoms with van der Waals surface area (Å²) in [5, 5.41) is 2.73. The van der Waals surface area contributed by atoms with E-state index in [1.807, 2.05) is 34.9 Å². The van der Waals surface area contributed by atoms with Crippen molar-refractivity contribution in [1.29, 1.82) is 0 Å². The molecule has 0 spiro atoms. The molecular formula is C37H24N2O. The Morgan fingerprint density at radius 1 is 0.375 bits per heavy atom. The largest absolute Gasteiger partial charge is 0.309 e. The number of anilines is 3. The fourth-order valence-electron chi connectivity index (χ4n) is 6.25.